The van der Waals surface area contributed by atoms with Gasteiger partial charge in [0.1, 0.15) is 5.75 Å². The summed E-state index contributed by atoms with van der Waals surface area (Å²) >= 11 is 3.46. The second-order valence-corrected chi connectivity index (χ2v) is 4.77. The molecule has 2 aromatic carbocycles. The summed E-state index contributed by atoms with van der Waals surface area (Å²) in [5.41, 5.74) is 1.70. The molecule has 0 atom stereocenters. The highest BCUT2D eigenvalue weighted by atomic mass is 79.9. The van der Waals surface area contributed by atoms with Gasteiger partial charge in [-0.1, -0.05) is 24.3 Å². The van der Waals surface area contributed by atoms with Crippen LogP contribution in [0, 0.1) is 0 Å². The van der Waals surface area contributed by atoms with Gasteiger partial charge in [0.15, 0.2) is 0 Å². The van der Waals surface area contributed by atoms with E-state index < -0.39 is 0 Å². The van der Waals surface area contributed by atoms with Crippen LogP contribution < -0.4 is 0 Å². The molecule has 2 N–H and O–H groups in total. The lowest BCUT2D eigenvalue weighted by molar-refractivity contribution is 0.478. The van der Waals surface area contributed by atoms with Crippen LogP contribution in [0.15, 0.2) is 53.1 Å². The molecule has 17 heavy (non-hydrogen) atoms. The van der Waals surface area contributed by atoms with Crippen molar-refractivity contribution in [3.05, 3.63) is 53.1 Å². The van der Waals surface area contributed by atoms with Crippen molar-refractivity contribution in [3.8, 4) is 17.0 Å². The van der Waals surface area contributed by atoms with Gasteiger partial charge in [0, 0.05) is 16.2 Å². The first-order valence-electron chi connectivity index (χ1n) is 5.31. The maximum absolute atomic E-state index is 10.1. The lowest BCUT2D eigenvalue weighted by atomic mass is 10.0. The third-order valence-electron chi connectivity index (χ3n) is 2.83. The molecule has 0 aliphatic carbocycles. The molecule has 0 saturated heterocycles. The molecule has 0 unspecified atom stereocenters. The SMILES string of the molecule is Oc1cc2ccccc2cc1-c1[nH]ccc1Br. The van der Waals surface area contributed by atoms with Crippen LogP contribution in [0.4, 0.5) is 0 Å². The van der Waals surface area contributed by atoms with Crippen LogP contribution >= 0.6 is 15.9 Å². The molecular weight excluding hydrogens is 278 g/mol. The van der Waals surface area contributed by atoms with Gasteiger partial charge in [0.05, 0.1) is 5.69 Å². The molecule has 0 radical (unpaired) electrons. The van der Waals surface area contributed by atoms with Crippen molar-refractivity contribution in [2.24, 2.45) is 0 Å². The molecule has 0 spiro atoms. The Balaban J connectivity index is 2.30. The van der Waals surface area contributed by atoms with Crippen LogP contribution in [0.25, 0.3) is 22.0 Å². The summed E-state index contributed by atoms with van der Waals surface area (Å²) in [5.74, 6) is 0.284. The lowest BCUT2D eigenvalue weighted by Crippen LogP contribution is -1.81. The third-order valence-corrected chi connectivity index (χ3v) is 3.49. The van der Waals surface area contributed by atoms with E-state index in [0.717, 1.165) is 26.5 Å². The van der Waals surface area contributed by atoms with Crippen LogP contribution in [-0.2, 0) is 0 Å². The predicted molar refractivity (Wildman–Crippen MR) is 73.1 cm³/mol. The summed E-state index contributed by atoms with van der Waals surface area (Å²) < 4.78 is 0.947. The number of hydrogen-bond acceptors (Lipinski definition) is 1. The Labute approximate surface area is 107 Å². The van der Waals surface area contributed by atoms with E-state index in [2.05, 4.69) is 20.9 Å². The topological polar surface area (TPSA) is 36.0 Å². The van der Waals surface area contributed by atoms with E-state index in [-0.39, 0.29) is 5.75 Å². The number of aromatic hydroxyl groups is 1. The summed E-state index contributed by atoms with van der Waals surface area (Å²) in [6.07, 6.45) is 1.84. The van der Waals surface area contributed by atoms with Crippen molar-refractivity contribution in [2.75, 3.05) is 0 Å². The van der Waals surface area contributed by atoms with Crippen LogP contribution in [0.2, 0.25) is 0 Å². The first kappa shape index (κ1) is 10.4. The largest absolute Gasteiger partial charge is 0.507 e. The Hall–Kier alpha value is -1.74. The summed E-state index contributed by atoms with van der Waals surface area (Å²) in [6, 6.07) is 13.7. The number of halogens is 1. The Bertz CT molecular complexity index is 688. The highest BCUT2D eigenvalue weighted by Crippen LogP contribution is 2.36. The van der Waals surface area contributed by atoms with E-state index in [0.29, 0.717) is 0 Å². The maximum Gasteiger partial charge on any atom is 0.125 e. The molecule has 0 fully saturated rings. The van der Waals surface area contributed by atoms with E-state index >= 15 is 0 Å². The van der Waals surface area contributed by atoms with Crippen molar-refractivity contribution >= 4 is 26.7 Å². The van der Waals surface area contributed by atoms with Gasteiger partial charge in [0.25, 0.3) is 0 Å². The van der Waals surface area contributed by atoms with Crippen molar-refractivity contribution in [2.45, 2.75) is 0 Å². The maximum atomic E-state index is 10.1. The second kappa shape index (κ2) is 3.93. The van der Waals surface area contributed by atoms with Crippen molar-refractivity contribution < 1.29 is 5.11 Å². The molecule has 3 aromatic rings. The van der Waals surface area contributed by atoms with Gasteiger partial charge in [-0.15, -0.1) is 0 Å². The quantitative estimate of drug-likeness (QED) is 0.688. The van der Waals surface area contributed by atoms with Gasteiger partial charge in [0.2, 0.25) is 0 Å². The number of aromatic nitrogens is 1. The molecule has 1 heterocycles. The Morgan fingerprint density at radius 1 is 1.00 bits per heavy atom. The van der Waals surface area contributed by atoms with E-state index in [9.17, 15) is 5.11 Å². The minimum absolute atomic E-state index is 0.284. The monoisotopic (exact) mass is 287 g/mol. The Morgan fingerprint density at radius 2 is 1.71 bits per heavy atom. The number of hydrogen-bond donors (Lipinski definition) is 2. The number of phenols is 1. The van der Waals surface area contributed by atoms with Crippen molar-refractivity contribution in [1.82, 2.24) is 4.98 Å². The molecule has 2 nitrogen and oxygen atoms in total. The van der Waals surface area contributed by atoms with E-state index in [1.54, 1.807) is 6.07 Å². The fraction of sp³-hybridized carbons (Fsp3) is 0. The molecule has 0 aliphatic heterocycles. The third kappa shape index (κ3) is 1.72. The predicted octanol–water partition coefficient (Wildman–Crippen LogP) is 4.30. The molecule has 84 valence electrons. The molecule has 1 aromatic heterocycles. The summed E-state index contributed by atoms with van der Waals surface area (Å²) in [6.45, 7) is 0. The van der Waals surface area contributed by atoms with E-state index in [4.69, 9.17) is 0 Å². The number of phenolic OH excluding ortho intramolecular Hbond substituents is 1. The summed E-state index contributed by atoms with van der Waals surface area (Å²) in [5, 5.41) is 12.2. The number of nitrogens with one attached hydrogen (secondary N) is 1. The molecule has 0 bridgehead atoms. The van der Waals surface area contributed by atoms with Crippen molar-refractivity contribution in [1.29, 1.82) is 0 Å². The van der Waals surface area contributed by atoms with Gasteiger partial charge in [-0.05, 0) is 44.9 Å². The zero-order chi connectivity index (χ0) is 11.8. The average Bonchev–Trinajstić information content (AvgIpc) is 2.74. The zero-order valence-electron chi connectivity index (χ0n) is 8.94. The highest BCUT2D eigenvalue weighted by Gasteiger charge is 2.10. The standard InChI is InChI=1S/C14H10BrNO/c15-12-5-6-16-14(12)11-7-9-3-1-2-4-10(9)8-13(11)17/h1-8,16-17H. The smallest absolute Gasteiger partial charge is 0.125 e. The first-order valence-corrected chi connectivity index (χ1v) is 6.10. The Kier molecular flexibility index (Phi) is 2.41. The van der Waals surface area contributed by atoms with E-state index in [1.807, 2.05) is 42.6 Å². The molecule has 3 heteroatoms. The van der Waals surface area contributed by atoms with Crippen LogP contribution in [-0.4, -0.2) is 10.1 Å². The number of fused-ring (bicyclic) bond motifs is 1. The summed E-state index contributed by atoms with van der Waals surface area (Å²) in [4.78, 5) is 3.12. The molecule has 0 aliphatic rings. The number of rotatable bonds is 1. The van der Waals surface area contributed by atoms with Gasteiger partial charge < -0.3 is 10.1 Å². The zero-order valence-corrected chi connectivity index (χ0v) is 10.5. The molecule has 0 saturated carbocycles. The highest BCUT2D eigenvalue weighted by molar-refractivity contribution is 9.10. The lowest BCUT2D eigenvalue weighted by Gasteiger charge is -2.06. The Morgan fingerprint density at radius 3 is 2.35 bits per heavy atom. The molecular formula is C14H10BrNO. The minimum Gasteiger partial charge on any atom is -0.507 e. The van der Waals surface area contributed by atoms with Crippen molar-refractivity contribution in [3.63, 3.8) is 0 Å². The average molecular weight is 288 g/mol. The normalized spacial score (nSPS) is 10.9. The van der Waals surface area contributed by atoms with Crippen LogP contribution in [0.3, 0.4) is 0 Å². The second-order valence-electron chi connectivity index (χ2n) is 3.92. The molecule has 0 amide bonds. The first-order chi connectivity index (χ1) is 8.25. The molecule has 3 rings (SSSR count). The van der Waals surface area contributed by atoms with Gasteiger partial charge >= 0.3 is 0 Å². The number of benzene rings is 2. The van der Waals surface area contributed by atoms with Gasteiger partial charge in [-0.2, -0.15) is 0 Å². The van der Waals surface area contributed by atoms with Gasteiger partial charge in [-0.25, -0.2) is 0 Å². The fourth-order valence-corrected chi connectivity index (χ4v) is 2.45. The summed E-state index contributed by atoms with van der Waals surface area (Å²) in [7, 11) is 0. The number of aromatic amines is 1. The van der Waals surface area contributed by atoms with E-state index in [1.165, 1.54) is 0 Å². The van der Waals surface area contributed by atoms with Crippen LogP contribution in [0.5, 0.6) is 5.75 Å². The fourth-order valence-electron chi connectivity index (χ4n) is 1.99. The minimum atomic E-state index is 0.284. The van der Waals surface area contributed by atoms with Gasteiger partial charge in [-0.3, -0.25) is 0 Å². The number of H-pyrrole nitrogens is 1. The van der Waals surface area contributed by atoms with Crippen LogP contribution in [0.1, 0.15) is 0 Å².